The summed E-state index contributed by atoms with van der Waals surface area (Å²) in [7, 11) is 0. The van der Waals surface area contributed by atoms with Gasteiger partial charge in [-0.1, -0.05) is 12.1 Å². The summed E-state index contributed by atoms with van der Waals surface area (Å²) in [6.07, 6.45) is 6.54. The van der Waals surface area contributed by atoms with E-state index in [0.29, 0.717) is 18.7 Å². The fourth-order valence-corrected chi connectivity index (χ4v) is 4.45. The zero-order valence-electron chi connectivity index (χ0n) is 17.5. The number of aryl methyl sites for hydroxylation is 1. The number of benzene rings is 1. The molecule has 1 aliphatic heterocycles. The van der Waals surface area contributed by atoms with Gasteiger partial charge < -0.3 is 14.5 Å². The predicted molar refractivity (Wildman–Crippen MR) is 120 cm³/mol. The van der Waals surface area contributed by atoms with Crippen molar-refractivity contribution >= 4 is 22.4 Å². The normalized spacial score (nSPS) is 14.2. The number of hydrogen-bond acceptors (Lipinski definition) is 2. The Kier molecular flexibility index (Phi) is 4.70. The Morgan fingerprint density at radius 1 is 1.16 bits per heavy atom. The lowest BCUT2D eigenvalue weighted by Crippen LogP contribution is -2.34. The van der Waals surface area contributed by atoms with Crippen LogP contribution in [0, 0.1) is 19.7 Å². The van der Waals surface area contributed by atoms with Crippen LogP contribution in [0.15, 0.2) is 60.9 Å². The summed E-state index contributed by atoms with van der Waals surface area (Å²) < 4.78 is 15.5. The average Bonchev–Trinajstić information content (AvgIpc) is 3.33. The Morgan fingerprint density at radius 2 is 2.03 bits per heavy atom. The van der Waals surface area contributed by atoms with E-state index in [1.165, 1.54) is 17.7 Å². The van der Waals surface area contributed by atoms with E-state index < -0.39 is 0 Å². The standard InChI is InChI=1S/C25H23FN4O/c1-16-13-21(17(2)30(16)24-5-3-4-10-27-24)25(31)29-11-8-18(9-12-29)22-15-28-23-14-19(26)6-7-20(22)23/h3-8,10,13-15,28H,9,11-12H2,1-2H3. The molecule has 0 fully saturated rings. The van der Waals surface area contributed by atoms with Crippen LogP contribution in [0.3, 0.4) is 0 Å². The van der Waals surface area contributed by atoms with Crippen molar-refractivity contribution in [3.63, 3.8) is 0 Å². The van der Waals surface area contributed by atoms with Crippen molar-refractivity contribution < 1.29 is 9.18 Å². The van der Waals surface area contributed by atoms with Crippen LogP contribution in [0.2, 0.25) is 0 Å². The van der Waals surface area contributed by atoms with E-state index in [0.717, 1.165) is 40.1 Å². The molecule has 156 valence electrons. The third-order valence-electron chi connectivity index (χ3n) is 6.03. The van der Waals surface area contributed by atoms with Crippen LogP contribution in [-0.4, -0.2) is 38.4 Å². The molecule has 5 rings (SSSR count). The van der Waals surface area contributed by atoms with Crippen molar-refractivity contribution in [3.8, 4) is 5.82 Å². The second-order valence-electron chi connectivity index (χ2n) is 7.93. The van der Waals surface area contributed by atoms with Crippen LogP contribution in [0.25, 0.3) is 22.3 Å². The van der Waals surface area contributed by atoms with Gasteiger partial charge in [0, 0.05) is 53.3 Å². The fraction of sp³-hybridized carbons (Fsp3) is 0.200. The molecular formula is C25H23FN4O. The molecule has 5 nitrogen and oxygen atoms in total. The highest BCUT2D eigenvalue weighted by atomic mass is 19.1. The summed E-state index contributed by atoms with van der Waals surface area (Å²) in [5.41, 5.74) is 5.64. The number of carbonyl (C=O) groups is 1. The Labute approximate surface area is 179 Å². The molecule has 6 heteroatoms. The first kappa shape index (κ1) is 19.3. The topological polar surface area (TPSA) is 53.9 Å². The van der Waals surface area contributed by atoms with Crippen LogP contribution in [-0.2, 0) is 0 Å². The van der Waals surface area contributed by atoms with Crippen molar-refractivity contribution in [2.24, 2.45) is 0 Å². The first-order valence-electron chi connectivity index (χ1n) is 10.4. The molecule has 31 heavy (non-hydrogen) atoms. The fourth-order valence-electron chi connectivity index (χ4n) is 4.45. The molecule has 0 atom stereocenters. The maximum atomic E-state index is 13.5. The maximum absolute atomic E-state index is 13.5. The first-order valence-corrected chi connectivity index (χ1v) is 10.4. The number of carbonyl (C=O) groups excluding carboxylic acids is 1. The van der Waals surface area contributed by atoms with E-state index >= 15 is 0 Å². The molecule has 0 radical (unpaired) electrons. The SMILES string of the molecule is Cc1cc(C(=O)N2CC=C(c3c[nH]c4cc(F)ccc34)CC2)c(C)n1-c1ccccn1. The highest BCUT2D eigenvalue weighted by molar-refractivity contribution is 5.97. The zero-order valence-corrected chi connectivity index (χ0v) is 17.5. The molecule has 0 saturated heterocycles. The number of hydrogen-bond donors (Lipinski definition) is 1. The van der Waals surface area contributed by atoms with E-state index in [2.05, 4.69) is 16.0 Å². The van der Waals surface area contributed by atoms with Crippen LogP contribution < -0.4 is 0 Å². The summed E-state index contributed by atoms with van der Waals surface area (Å²) >= 11 is 0. The van der Waals surface area contributed by atoms with Gasteiger partial charge in [-0.05, 0) is 62.2 Å². The second kappa shape index (κ2) is 7.54. The molecule has 3 aromatic heterocycles. The molecule has 1 aliphatic rings. The molecule has 1 N–H and O–H groups in total. The highest BCUT2D eigenvalue weighted by Gasteiger charge is 2.24. The molecule has 4 aromatic rings. The molecule has 0 saturated carbocycles. The lowest BCUT2D eigenvalue weighted by Gasteiger charge is -2.26. The molecular weight excluding hydrogens is 391 g/mol. The van der Waals surface area contributed by atoms with Gasteiger partial charge in [0.25, 0.3) is 5.91 Å². The van der Waals surface area contributed by atoms with Gasteiger partial charge in [0.2, 0.25) is 0 Å². The third kappa shape index (κ3) is 3.34. The van der Waals surface area contributed by atoms with Gasteiger partial charge in [-0.15, -0.1) is 0 Å². The zero-order chi connectivity index (χ0) is 21.5. The van der Waals surface area contributed by atoms with Crippen molar-refractivity contribution in [2.75, 3.05) is 13.1 Å². The highest BCUT2D eigenvalue weighted by Crippen LogP contribution is 2.30. The minimum atomic E-state index is -0.251. The minimum absolute atomic E-state index is 0.0339. The maximum Gasteiger partial charge on any atom is 0.255 e. The first-order chi connectivity index (χ1) is 15.0. The number of rotatable bonds is 3. The average molecular weight is 414 g/mol. The van der Waals surface area contributed by atoms with Gasteiger partial charge in [-0.2, -0.15) is 0 Å². The molecule has 0 bridgehead atoms. The van der Waals surface area contributed by atoms with E-state index in [1.54, 1.807) is 12.3 Å². The molecule has 0 spiro atoms. The molecule has 1 aromatic carbocycles. The van der Waals surface area contributed by atoms with E-state index in [4.69, 9.17) is 0 Å². The number of halogens is 1. The Morgan fingerprint density at radius 3 is 2.77 bits per heavy atom. The molecule has 1 amide bonds. The quantitative estimate of drug-likeness (QED) is 0.511. The second-order valence-corrected chi connectivity index (χ2v) is 7.93. The number of aromatic nitrogens is 3. The summed E-state index contributed by atoms with van der Waals surface area (Å²) in [5, 5.41) is 1.01. The Bertz CT molecular complexity index is 1320. The van der Waals surface area contributed by atoms with Gasteiger partial charge in [0.05, 0.1) is 5.56 Å². The Balaban J connectivity index is 1.39. The predicted octanol–water partition coefficient (Wildman–Crippen LogP) is 5.04. The number of amides is 1. The Hall–Kier alpha value is -3.67. The number of nitrogens with one attached hydrogen (secondary N) is 1. The lowest BCUT2D eigenvalue weighted by molar-refractivity contribution is 0.0772. The number of nitrogens with zero attached hydrogens (tertiary/aromatic N) is 3. The smallest absolute Gasteiger partial charge is 0.255 e. The van der Waals surface area contributed by atoms with Crippen molar-refractivity contribution in [3.05, 3.63) is 89.3 Å². The van der Waals surface area contributed by atoms with Gasteiger partial charge >= 0.3 is 0 Å². The monoisotopic (exact) mass is 414 g/mol. The van der Waals surface area contributed by atoms with Crippen molar-refractivity contribution in [1.29, 1.82) is 0 Å². The van der Waals surface area contributed by atoms with Gasteiger partial charge in [0.1, 0.15) is 11.6 Å². The molecule has 0 aliphatic carbocycles. The lowest BCUT2D eigenvalue weighted by atomic mass is 9.98. The van der Waals surface area contributed by atoms with E-state index in [9.17, 15) is 9.18 Å². The van der Waals surface area contributed by atoms with Crippen LogP contribution in [0.1, 0.15) is 33.7 Å². The van der Waals surface area contributed by atoms with E-state index in [1.807, 2.05) is 53.8 Å². The van der Waals surface area contributed by atoms with Crippen LogP contribution in [0.5, 0.6) is 0 Å². The largest absolute Gasteiger partial charge is 0.360 e. The van der Waals surface area contributed by atoms with Gasteiger partial charge in [0.15, 0.2) is 0 Å². The summed E-state index contributed by atoms with van der Waals surface area (Å²) in [6.45, 7) is 5.15. The van der Waals surface area contributed by atoms with Crippen molar-refractivity contribution in [1.82, 2.24) is 19.4 Å². The van der Waals surface area contributed by atoms with Crippen LogP contribution in [0.4, 0.5) is 4.39 Å². The van der Waals surface area contributed by atoms with Gasteiger partial charge in [-0.25, -0.2) is 9.37 Å². The summed E-state index contributed by atoms with van der Waals surface area (Å²) in [4.78, 5) is 22.7. The van der Waals surface area contributed by atoms with Gasteiger partial charge in [-0.3, -0.25) is 4.79 Å². The van der Waals surface area contributed by atoms with E-state index in [-0.39, 0.29) is 11.7 Å². The third-order valence-corrected chi connectivity index (χ3v) is 6.03. The molecule has 0 unspecified atom stereocenters. The number of aromatic amines is 1. The minimum Gasteiger partial charge on any atom is -0.360 e. The summed E-state index contributed by atoms with van der Waals surface area (Å²) in [6, 6.07) is 12.5. The summed E-state index contributed by atoms with van der Waals surface area (Å²) in [5.74, 6) is 0.596. The van der Waals surface area contributed by atoms with Crippen LogP contribution >= 0.6 is 0 Å². The molecule has 4 heterocycles. The van der Waals surface area contributed by atoms with Crippen molar-refractivity contribution in [2.45, 2.75) is 20.3 Å². The number of fused-ring (bicyclic) bond motifs is 1. The number of H-pyrrole nitrogens is 1. The number of pyridine rings is 1.